The van der Waals surface area contributed by atoms with E-state index in [9.17, 15) is 23.1 Å². The number of halogens is 3. The number of hydrogen-bond acceptors (Lipinski definition) is 7. The van der Waals surface area contributed by atoms with Crippen LogP contribution in [0.2, 0.25) is 0 Å². The molecule has 0 fully saturated rings. The van der Waals surface area contributed by atoms with Crippen LogP contribution in [0.25, 0.3) is 11.3 Å². The van der Waals surface area contributed by atoms with E-state index in [1.807, 2.05) is 0 Å². The minimum Gasteiger partial charge on any atom is -0.454 e. The molecule has 0 bridgehead atoms. The van der Waals surface area contributed by atoms with E-state index >= 15 is 0 Å². The molecule has 1 atom stereocenters. The van der Waals surface area contributed by atoms with Gasteiger partial charge in [0.15, 0.2) is 22.5 Å². The molecule has 1 unspecified atom stereocenters. The third kappa shape index (κ3) is 3.59. The molecule has 158 valence electrons. The van der Waals surface area contributed by atoms with Crippen molar-refractivity contribution in [3.8, 4) is 22.8 Å². The molecule has 0 spiro atoms. The molecule has 1 aromatic carbocycles. The Labute approximate surface area is 171 Å². The highest BCUT2D eigenvalue weighted by Gasteiger charge is 2.58. The van der Waals surface area contributed by atoms with Crippen LogP contribution in [0.3, 0.4) is 0 Å². The maximum atomic E-state index is 13.6. The SMILES string of the molecule is Cn1ccnc1C(O)(CC(=O)Nc1nc(-c2ccc3c(c2)OCO3)cs1)C(F)(F)F. The Morgan fingerprint density at radius 1 is 1.33 bits per heavy atom. The normalized spacial score (nSPS) is 15.1. The quantitative estimate of drug-likeness (QED) is 0.633. The third-order valence-corrected chi connectivity index (χ3v) is 5.25. The number of anilines is 1. The van der Waals surface area contributed by atoms with Crippen molar-refractivity contribution in [2.24, 2.45) is 7.05 Å². The van der Waals surface area contributed by atoms with Crippen molar-refractivity contribution in [2.75, 3.05) is 12.1 Å². The molecule has 4 rings (SSSR count). The molecule has 2 N–H and O–H groups in total. The number of aryl methyl sites for hydroxylation is 1. The summed E-state index contributed by atoms with van der Waals surface area (Å²) in [4.78, 5) is 20.1. The summed E-state index contributed by atoms with van der Waals surface area (Å²) in [7, 11) is 1.30. The monoisotopic (exact) mass is 440 g/mol. The van der Waals surface area contributed by atoms with Crippen LogP contribution in [0.5, 0.6) is 11.5 Å². The van der Waals surface area contributed by atoms with Crippen LogP contribution in [-0.2, 0) is 17.4 Å². The zero-order chi connectivity index (χ0) is 21.5. The highest BCUT2D eigenvalue weighted by molar-refractivity contribution is 7.14. The van der Waals surface area contributed by atoms with E-state index in [2.05, 4.69) is 15.3 Å². The number of thiazole rings is 1. The molecule has 1 amide bonds. The van der Waals surface area contributed by atoms with Crippen molar-refractivity contribution in [3.63, 3.8) is 0 Å². The van der Waals surface area contributed by atoms with Gasteiger partial charge in [-0.3, -0.25) is 4.79 Å². The first-order chi connectivity index (χ1) is 14.2. The average Bonchev–Trinajstić information content (AvgIpc) is 3.40. The summed E-state index contributed by atoms with van der Waals surface area (Å²) >= 11 is 1.04. The summed E-state index contributed by atoms with van der Waals surface area (Å²) in [5.41, 5.74) is -2.24. The van der Waals surface area contributed by atoms with E-state index in [1.54, 1.807) is 23.6 Å². The van der Waals surface area contributed by atoms with Crippen molar-refractivity contribution in [1.82, 2.24) is 14.5 Å². The zero-order valence-corrected chi connectivity index (χ0v) is 16.3. The molecule has 3 heterocycles. The molecule has 1 aliphatic heterocycles. The topological polar surface area (TPSA) is 98.5 Å². The highest BCUT2D eigenvalue weighted by Crippen LogP contribution is 2.41. The predicted molar refractivity (Wildman–Crippen MR) is 100 cm³/mol. The molecular weight excluding hydrogens is 425 g/mol. The Bertz CT molecular complexity index is 1100. The number of imidazole rings is 1. The fourth-order valence-electron chi connectivity index (χ4n) is 2.99. The first-order valence-corrected chi connectivity index (χ1v) is 9.47. The van der Waals surface area contributed by atoms with Gasteiger partial charge in [0.05, 0.1) is 12.1 Å². The Kier molecular flexibility index (Phi) is 4.90. The molecular formula is C18H15F3N4O4S. The molecule has 3 aromatic rings. The number of benzene rings is 1. The smallest absolute Gasteiger partial charge is 0.425 e. The van der Waals surface area contributed by atoms with Crippen LogP contribution >= 0.6 is 11.3 Å². The summed E-state index contributed by atoms with van der Waals surface area (Å²) in [5, 5.41) is 14.3. The lowest BCUT2D eigenvalue weighted by molar-refractivity contribution is -0.270. The van der Waals surface area contributed by atoms with Crippen molar-refractivity contribution < 1.29 is 32.5 Å². The summed E-state index contributed by atoms with van der Waals surface area (Å²) < 4.78 is 52.3. The third-order valence-electron chi connectivity index (χ3n) is 4.50. The maximum absolute atomic E-state index is 13.6. The molecule has 30 heavy (non-hydrogen) atoms. The number of aliphatic hydroxyl groups is 1. The van der Waals surface area contributed by atoms with Crippen LogP contribution in [0.4, 0.5) is 18.3 Å². The van der Waals surface area contributed by atoms with E-state index in [0.717, 1.165) is 22.1 Å². The lowest BCUT2D eigenvalue weighted by atomic mass is 9.97. The number of fused-ring (bicyclic) bond motifs is 1. The van der Waals surface area contributed by atoms with Crippen molar-refractivity contribution in [1.29, 1.82) is 0 Å². The lowest BCUT2D eigenvalue weighted by Crippen LogP contribution is -2.46. The summed E-state index contributed by atoms with van der Waals surface area (Å²) in [5.74, 6) is -0.575. The minimum absolute atomic E-state index is 0.0945. The summed E-state index contributed by atoms with van der Waals surface area (Å²) in [6, 6.07) is 5.18. The van der Waals surface area contributed by atoms with Gasteiger partial charge in [-0.05, 0) is 18.2 Å². The van der Waals surface area contributed by atoms with Gasteiger partial charge in [0, 0.05) is 30.4 Å². The van der Waals surface area contributed by atoms with Gasteiger partial charge in [0.1, 0.15) is 0 Å². The van der Waals surface area contributed by atoms with Crippen LogP contribution in [0.15, 0.2) is 36.0 Å². The van der Waals surface area contributed by atoms with Gasteiger partial charge in [-0.2, -0.15) is 13.2 Å². The highest BCUT2D eigenvalue weighted by atomic mass is 32.1. The van der Waals surface area contributed by atoms with E-state index in [0.29, 0.717) is 22.8 Å². The van der Waals surface area contributed by atoms with Crippen LogP contribution in [0.1, 0.15) is 12.2 Å². The number of rotatable bonds is 5. The molecule has 1 aliphatic rings. The van der Waals surface area contributed by atoms with E-state index in [-0.39, 0.29) is 11.9 Å². The molecule has 8 nitrogen and oxygen atoms in total. The van der Waals surface area contributed by atoms with Gasteiger partial charge in [0.2, 0.25) is 18.3 Å². The molecule has 0 saturated carbocycles. The number of hydrogen-bond donors (Lipinski definition) is 2. The van der Waals surface area contributed by atoms with Crippen LogP contribution in [0, 0.1) is 0 Å². The second kappa shape index (κ2) is 7.29. The second-order valence-electron chi connectivity index (χ2n) is 6.55. The van der Waals surface area contributed by atoms with Crippen LogP contribution < -0.4 is 14.8 Å². The number of nitrogens with zero attached hydrogens (tertiary/aromatic N) is 3. The van der Waals surface area contributed by atoms with Gasteiger partial charge in [-0.25, -0.2) is 9.97 Å². The van der Waals surface area contributed by atoms with E-state index < -0.39 is 29.9 Å². The number of alkyl halides is 3. The number of carbonyl (C=O) groups is 1. The Hall–Kier alpha value is -3.12. The average molecular weight is 440 g/mol. The Morgan fingerprint density at radius 2 is 2.10 bits per heavy atom. The molecule has 2 aromatic heterocycles. The van der Waals surface area contributed by atoms with E-state index in [4.69, 9.17) is 9.47 Å². The second-order valence-corrected chi connectivity index (χ2v) is 7.41. The van der Waals surface area contributed by atoms with Gasteiger partial charge in [-0.1, -0.05) is 0 Å². The number of amides is 1. The fraction of sp³-hybridized carbons (Fsp3) is 0.278. The maximum Gasteiger partial charge on any atom is 0.425 e. The predicted octanol–water partition coefficient (Wildman–Crippen LogP) is 3.05. The number of aromatic nitrogens is 3. The van der Waals surface area contributed by atoms with Crippen molar-refractivity contribution in [2.45, 2.75) is 18.2 Å². The Morgan fingerprint density at radius 3 is 2.80 bits per heavy atom. The summed E-state index contributed by atoms with van der Waals surface area (Å²) in [6.07, 6.45) is -4.00. The van der Waals surface area contributed by atoms with Gasteiger partial charge < -0.3 is 24.5 Å². The number of ether oxygens (including phenoxy) is 2. The first kappa shape index (κ1) is 20.2. The van der Waals surface area contributed by atoms with Gasteiger partial charge in [-0.15, -0.1) is 11.3 Å². The first-order valence-electron chi connectivity index (χ1n) is 8.60. The lowest BCUT2D eigenvalue weighted by Gasteiger charge is -2.29. The largest absolute Gasteiger partial charge is 0.454 e. The van der Waals surface area contributed by atoms with Crippen molar-refractivity contribution in [3.05, 3.63) is 41.8 Å². The minimum atomic E-state index is -5.11. The van der Waals surface area contributed by atoms with Crippen molar-refractivity contribution >= 4 is 22.4 Å². The fourth-order valence-corrected chi connectivity index (χ4v) is 3.72. The van der Waals surface area contributed by atoms with E-state index in [1.165, 1.54) is 13.2 Å². The number of carbonyl (C=O) groups excluding carboxylic acids is 1. The molecule has 0 aliphatic carbocycles. The molecule has 12 heteroatoms. The molecule has 0 saturated heterocycles. The van der Waals surface area contributed by atoms with Gasteiger partial charge >= 0.3 is 6.18 Å². The van der Waals surface area contributed by atoms with Crippen LogP contribution in [-0.4, -0.2) is 38.5 Å². The zero-order valence-electron chi connectivity index (χ0n) is 15.4. The van der Waals surface area contributed by atoms with Gasteiger partial charge in [0.25, 0.3) is 0 Å². The number of nitrogens with one attached hydrogen (secondary N) is 1. The summed E-state index contributed by atoms with van der Waals surface area (Å²) in [6.45, 7) is 0.120. The standard InChI is InChI=1S/C18H15F3N4O4S/c1-25-5-4-22-15(25)17(27,18(19,20)21)7-14(26)24-16-23-11(8-30-16)10-2-3-12-13(6-10)29-9-28-12/h2-6,8,27H,7,9H2,1H3,(H,23,24,26). The Balaban J connectivity index is 1.51. The molecule has 0 radical (unpaired) electrons.